The third-order valence-corrected chi connectivity index (χ3v) is 4.12. The number of carboxylic acid groups (broad SMARTS) is 1. The van der Waals surface area contributed by atoms with Crippen LogP contribution in [0.25, 0.3) is 0 Å². The molecule has 1 unspecified atom stereocenters. The molecule has 2 rings (SSSR count). The minimum atomic E-state index is -1.16. The SMILES string of the molecule is CC(=O)c1cccc(OCC(=O)NC(C(=O)O)c2cccc(C)c2C)c1. The lowest BCUT2D eigenvalue weighted by Crippen LogP contribution is -2.37. The molecule has 0 aromatic heterocycles. The first-order valence-corrected chi connectivity index (χ1v) is 8.11. The number of ether oxygens (including phenoxy) is 1. The Morgan fingerprint density at radius 1 is 1.12 bits per heavy atom. The Morgan fingerprint density at radius 2 is 1.81 bits per heavy atom. The zero-order valence-corrected chi connectivity index (χ0v) is 14.9. The highest BCUT2D eigenvalue weighted by molar-refractivity contribution is 5.94. The molecule has 0 aliphatic carbocycles. The number of aliphatic carboxylic acids is 1. The molecule has 6 nitrogen and oxygen atoms in total. The first-order chi connectivity index (χ1) is 12.3. The minimum Gasteiger partial charge on any atom is -0.484 e. The number of hydrogen-bond acceptors (Lipinski definition) is 4. The van der Waals surface area contributed by atoms with Gasteiger partial charge in [0.1, 0.15) is 5.75 Å². The zero-order valence-electron chi connectivity index (χ0n) is 14.9. The van der Waals surface area contributed by atoms with E-state index in [1.54, 1.807) is 30.3 Å². The van der Waals surface area contributed by atoms with Gasteiger partial charge in [0, 0.05) is 5.56 Å². The van der Waals surface area contributed by atoms with Crippen molar-refractivity contribution in [2.45, 2.75) is 26.8 Å². The second-order valence-corrected chi connectivity index (χ2v) is 6.00. The van der Waals surface area contributed by atoms with Gasteiger partial charge in [-0.05, 0) is 49.6 Å². The standard InChI is InChI=1S/C20H21NO5/c1-12-6-4-9-17(13(12)2)19(20(24)25)21-18(23)11-26-16-8-5-7-15(10-16)14(3)22/h4-10,19H,11H2,1-3H3,(H,21,23)(H,24,25). The average Bonchev–Trinajstić information content (AvgIpc) is 2.60. The molecule has 0 saturated carbocycles. The van der Waals surface area contributed by atoms with Gasteiger partial charge in [0.25, 0.3) is 5.91 Å². The van der Waals surface area contributed by atoms with Crippen LogP contribution >= 0.6 is 0 Å². The Bertz CT molecular complexity index is 844. The summed E-state index contributed by atoms with van der Waals surface area (Å²) in [7, 11) is 0. The van der Waals surface area contributed by atoms with Gasteiger partial charge in [-0.15, -0.1) is 0 Å². The molecule has 0 aliphatic heterocycles. The number of benzene rings is 2. The molecule has 0 spiro atoms. The number of ketones is 1. The van der Waals surface area contributed by atoms with Crippen LogP contribution in [-0.2, 0) is 9.59 Å². The Balaban J connectivity index is 2.07. The topological polar surface area (TPSA) is 92.7 Å². The molecule has 2 aromatic rings. The van der Waals surface area contributed by atoms with Crippen LogP contribution in [0.5, 0.6) is 5.75 Å². The van der Waals surface area contributed by atoms with E-state index in [-0.39, 0.29) is 12.4 Å². The third kappa shape index (κ3) is 4.69. The van der Waals surface area contributed by atoms with Crippen molar-refractivity contribution in [3.05, 3.63) is 64.7 Å². The number of carbonyl (C=O) groups excluding carboxylic acids is 2. The molecule has 1 atom stereocenters. The summed E-state index contributed by atoms with van der Waals surface area (Å²) in [6, 6.07) is 10.6. The first kappa shape index (κ1) is 19.2. The maximum atomic E-state index is 12.2. The fourth-order valence-corrected chi connectivity index (χ4v) is 2.52. The monoisotopic (exact) mass is 355 g/mol. The summed E-state index contributed by atoms with van der Waals surface area (Å²) in [6.07, 6.45) is 0. The van der Waals surface area contributed by atoms with Crippen LogP contribution in [0.15, 0.2) is 42.5 Å². The van der Waals surface area contributed by atoms with Crippen molar-refractivity contribution in [2.24, 2.45) is 0 Å². The van der Waals surface area contributed by atoms with Crippen molar-refractivity contribution in [1.29, 1.82) is 0 Å². The maximum Gasteiger partial charge on any atom is 0.330 e. The van der Waals surface area contributed by atoms with E-state index in [1.807, 2.05) is 19.9 Å². The molecule has 136 valence electrons. The van der Waals surface area contributed by atoms with Crippen molar-refractivity contribution in [3.63, 3.8) is 0 Å². The van der Waals surface area contributed by atoms with Crippen molar-refractivity contribution < 1.29 is 24.2 Å². The van der Waals surface area contributed by atoms with E-state index < -0.39 is 17.9 Å². The van der Waals surface area contributed by atoms with Crippen LogP contribution in [0.4, 0.5) is 0 Å². The van der Waals surface area contributed by atoms with E-state index in [0.29, 0.717) is 16.9 Å². The Hall–Kier alpha value is -3.15. The second kappa shape index (κ2) is 8.29. The average molecular weight is 355 g/mol. The van der Waals surface area contributed by atoms with Crippen molar-refractivity contribution in [1.82, 2.24) is 5.32 Å². The van der Waals surface area contributed by atoms with Crippen LogP contribution in [0.3, 0.4) is 0 Å². The van der Waals surface area contributed by atoms with Gasteiger partial charge in [-0.3, -0.25) is 9.59 Å². The number of Topliss-reactive ketones (excluding diaryl/α,β-unsaturated/α-hetero) is 1. The number of nitrogens with one attached hydrogen (secondary N) is 1. The molecule has 0 heterocycles. The predicted octanol–water partition coefficient (Wildman–Crippen LogP) is 2.83. The summed E-state index contributed by atoms with van der Waals surface area (Å²) in [5.74, 6) is -1.45. The molecular weight excluding hydrogens is 334 g/mol. The summed E-state index contributed by atoms with van der Waals surface area (Å²) in [5, 5.41) is 12.0. The van der Waals surface area contributed by atoms with Gasteiger partial charge >= 0.3 is 5.97 Å². The van der Waals surface area contributed by atoms with E-state index in [2.05, 4.69) is 5.32 Å². The predicted molar refractivity (Wildman–Crippen MR) is 96.4 cm³/mol. The molecule has 0 radical (unpaired) electrons. The smallest absolute Gasteiger partial charge is 0.330 e. The van der Waals surface area contributed by atoms with Crippen molar-refractivity contribution in [2.75, 3.05) is 6.61 Å². The van der Waals surface area contributed by atoms with Crippen LogP contribution < -0.4 is 10.1 Å². The number of rotatable bonds is 7. The summed E-state index contributed by atoms with van der Waals surface area (Å²) in [4.78, 5) is 35.1. The Labute approximate surface area is 151 Å². The second-order valence-electron chi connectivity index (χ2n) is 6.00. The van der Waals surface area contributed by atoms with Gasteiger partial charge in [0.05, 0.1) is 0 Å². The van der Waals surface area contributed by atoms with E-state index in [9.17, 15) is 19.5 Å². The largest absolute Gasteiger partial charge is 0.484 e. The van der Waals surface area contributed by atoms with Gasteiger partial charge in [-0.2, -0.15) is 0 Å². The number of amides is 1. The van der Waals surface area contributed by atoms with Gasteiger partial charge in [-0.1, -0.05) is 30.3 Å². The molecule has 26 heavy (non-hydrogen) atoms. The minimum absolute atomic E-state index is 0.110. The van der Waals surface area contributed by atoms with Crippen LogP contribution in [0, 0.1) is 13.8 Å². The summed E-state index contributed by atoms with van der Waals surface area (Å²) < 4.78 is 5.37. The fraction of sp³-hybridized carbons (Fsp3) is 0.250. The van der Waals surface area contributed by atoms with Crippen LogP contribution in [-0.4, -0.2) is 29.4 Å². The normalized spacial score (nSPS) is 11.5. The summed E-state index contributed by atoms with van der Waals surface area (Å²) >= 11 is 0. The Kier molecular flexibility index (Phi) is 6.11. The van der Waals surface area contributed by atoms with E-state index in [1.165, 1.54) is 13.0 Å². The lowest BCUT2D eigenvalue weighted by molar-refractivity contribution is -0.142. The quantitative estimate of drug-likeness (QED) is 0.745. The molecule has 0 saturated heterocycles. The highest BCUT2D eigenvalue weighted by Gasteiger charge is 2.24. The molecule has 2 aromatic carbocycles. The molecule has 6 heteroatoms. The molecular formula is C20H21NO5. The zero-order chi connectivity index (χ0) is 19.3. The number of hydrogen-bond donors (Lipinski definition) is 2. The number of carbonyl (C=O) groups is 3. The van der Waals surface area contributed by atoms with E-state index in [4.69, 9.17) is 4.74 Å². The third-order valence-electron chi connectivity index (χ3n) is 4.12. The Morgan fingerprint density at radius 3 is 2.46 bits per heavy atom. The maximum absolute atomic E-state index is 12.2. The highest BCUT2D eigenvalue weighted by atomic mass is 16.5. The molecule has 0 aliphatic rings. The van der Waals surface area contributed by atoms with Crippen molar-refractivity contribution >= 4 is 17.7 Å². The van der Waals surface area contributed by atoms with Crippen LogP contribution in [0.1, 0.15) is 40.0 Å². The number of carboxylic acids is 1. The van der Waals surface area contributed by atoms with Gasteiger partial charge in [-0.25, -0.2) is 4.79 Å². The molecule has 0 bridgehead atoms. The molecule has 2 N–H and O–H groups in total. The first-order valence-electron chi connectivity index (χ1n) is 8.11. The van der Waals surface area contributed by atoms with E-state index >= 15 is 0 Å². The highest BCUT2D eigenvalue weighted by Crippen LogP contribution is 2.21. The lowest BCUT2D eigenvalue weighted by atomic mass is 9.97. The lowest BCUT2D eigenvalue weighted by Gasteiger charge is -2.18. The summed E-state index contributed by atoms with van der Waals surface area (Å²) in [5.41, 5.74) is 2.77. The van der Waals surface area contributed by atoms with Gasteiger partial charge in [0.2, 0.25) is 0 Å². The van der Waals surface area contributed by atoms with E-state index in [0.717, 1.165) is 11.1 Å². The molecule has 0 fully saturated rings. The summed E-state index contributed by atoms with van der Waals surface area (Å²) in [6.45, 7) is 4.78. The number of aryl methyl sites for hydroxylation is 1. The molecule has 1 amide bonds. The van der Waals surface area contributed by atoms with Gasteiger partial charge < -0.3 is 15.2 Å². The fourth-order valence-electron chi connectivity index (χ4n) is 2.52. The van der Waals surface area contributed by atoms with Gasteiger partial charge in [0.15, 0.2) is 18.4 Å². The van der Waals surface area contributed by atoms with Crippen LogP contribution in [0.2, 0.25) is 0 Å². The van der Waals surface area contributed by atoms with Crippen molar-refractivity contribution in [3.8, 4) is 5.75 Å².